The number of rotatable bonds is 11. The summed E-state index contributed by atoms with van der Waals surface area (Å²) in [5.74, 6) is -1.91. The molecule has 0 saturated heterocycles. The van der Waals surface area contributed by atoms with Crippen LogP contribution in [0, 0.1) is 10.1 Å². The van der Waals surface area contributed by atoms with Crippen LogP contribution in [0.15, 0.2) is 24.3 Å². The zero-order chi connectivity index (χ0) is 25.2. The van der Waals surface area contributed by atoms with Crippen molar-refractivity contribution in [2.24, 2.45) is 0 Å². The van der Waals surface area contributed by atoms with Crippen LogP contribution in [0.3, 0.4) is 0 Å². The van der Waals surface area contributed by atoms with Gasteiger partial charge >= 0.3 is 5.97 Å². The number of hydrogen-bond acceptors (Lipinski definition) is 8. The van der Waals surface area contributed by atoms with E-state index in [-0.39, 0.29) is 30.1 Å². The molecule has 1 aromatic rings. The Morgan fingerprint density at radius 3 is 2.48 bits per heavy atom. The van der Waals surface area contributed by atoms with Crippen LogP contribution < -0.4 is 10.6 Å². The van der Waals surface area contributed by atoms with Crippen LogP contribution in [0.25, 0.3) is 0 Å². The largest absolute Gasteiger partial charge is 0.454 e. The van der Waals surface area contributed by atoms with Gasteiger partial charge in [0.25, 0.3) is 17.5 Å². The van der Waals surface area contributed by atoms with Gasteiger partial charge in [-0.3, -0.25) is 24.5 Å². The van der Waals surface area contributed by atoms with Gasteiger partial charge in [-0.25, -0.2) is 4.79 Å². The number of thioether (sulfide) groups is 1. The summed E-state index contributed by atoms with van der Waals surface area (Å²) < 4.78 is 5.07. The molecule has 0 bridgehead atoms. The molecule has 0 aliphatic heterocycles. The highest BCUT2D eigenvalue weighted by molar-refractivity contribution is 7.98. The molecule has 0 aromatic heterocycles. The Labute approximate surface area is 196 Å². The van der Waals surface area contributed by atoms with Gasteiger partial charge in [0.2, 0.25) is 5.91 Å². The zero-order valence-corrected chi connectivity index (χ0v) is 20.2. The van der Waals surface area contributed by atoms with Crippen LogP contribution in [0.1, 0.15) is 37.6 Å². The van der Waals surface area contributed by atoms with Crippen LogP contribution in [0.5, 0.6) is 0 Å². The summed E-state index contributed by atoms with van der Waals surface area (Å²) in [6.45, 7) is 4.63. The van der Waals surface area contributed by atoms with Gasteiger partial charge in [0.1, 0.15) is 6.04 Å². The Hall–Kier alpha value is -3.15. The highest BCUT2D eigenvalue weighted by atomic mass is 32.2. The quantitative estimate of drug-likeness (QED) is 0.273. The predicted octanol–water partition coefficient (Wildman–Crippen LogP) is 1.36. The molecule has 12 heteroatoms. The summed E-state index contributed by atoms with van der Waals surface area (Å²) in [6.07, 6.45) is 2.06. The topological polar surface area (TPSA) is 148 Å². The number of amides is 3. The van der Waals surface area contributed by atoms with E-state index in [2.05, 4.69) is 10.6 Å². The minimum atomic E-state index is -1.05. The van der Waals surface area contributed by atoms with Crippen molar-refractivity contribution in [2.75, 3.05) is 32.2 Å². The minimum Gasteiger partial charge on any atom is -0.454 e. The lowest BCUT2D eigenvalue weighted by Gasteiger charge is -2.23. The van der Waals surface area contributed by atoms with E-state index in [1.54, 1.807) is 0 Å². The van der Waals surface area contributed by atoms with Crippen molar-refractivity contribution in [3.8, 4) is 0 Å². The highest BCUT2D eigenvalue weighted by Gasteiger charge is 2.25. The molecule has 0 aliphatic carbocycles. The second-order valence-electron chi connectivity index (χ2n) is 8.27. The molecule has 0 fully saturated rings. The fourth-order valence-electron chi connectivity index (χ4n) is 2.59. The van der Waals surface area contributed by atoms with Gasteiger partial charge in [0.15, 0.2) is 6.61 Å². The predicted molar refractivity (Wildman–Crippen MR) is 124 cm³/mol. The third-order valence-corrected chi connectivity index (χ3v) is 4.82. The van der Waals surface area contributed by atoms with E-state index in [9.17, 15) is 29.3 Å². The number of carbonyl (C=O) groups excluding carboxylic acids is 4. The van der Waals surface area contributed by atoms with E-state index in [1.807, 2.05) is 27.0 Å². The van der Waals surface area contributed by atoms with Gasteiger partial charge < -0.3 is 20.3 Å². The van der Waals surface area contributed by atoms with Gasteiger partial charge in [-0.15, -0.1) is 0 Å². The van der Waals surface area contributed by atoms with Crippen molar-refractivity contribution in [3.63, 3.8) is 0 Å². The fourth-order valence-corrected chi connectivity index (χ4v) is 3.06. The molecule has 0 heterocycles. The van der Waals surface area contributed by atoms with Gasteiger partial charge in [0.05, 0.1) is 11.5 Å². The van der Waals surface area contributed by atoms with E-state index < -0.39 is 40.9 Å². The van der Waals surface area contributed by atoms with Crippen molar-refractivity contribution in [1.29, 1.82) is 0 Å². The first kappa shape index (κ1) is 27.9. The number of nitro benzene ring substituents is 1. The SMILES string of the molecule is CSCCC(NC(=O)c1cccc([N+](=O)[O-])c1)C(=O)OCC(=O)N(C)CC(=O)NC(C)(C)C. The lowest BCUT2D eigenvalue weighted by Crippen LogP contribution is -2.47. The molecule has 11 nitrogen and oxygen atoms in total. The molecule has 33 heavy (non-hydrogen) atoms. The number of nitrogens with zero attached hydrogens (tertiary/aromatic N) is 2. The summed E-state index contributed by atoms with van der Waals surface area (Å²) in [6, 6.07) is 4.06. The van der Waals surface area contributed by atoms with Crippen LogP contribution in [-0.4, -0.2) is 77.3 Å². The van der Waals surface area contributed by atoms with Crippen LogP contribution in [0.4, 0.5) is 5.69 Å². The molecule has 0 spiro atoms. The molecular formula is C21H30N4O7S. The minimum absolute atomic E-state index is 0.0202. The number of ether oxygens (including phenoxy) is 1. The van der Waals surface area contributed by atoms with Crippen molar-refractivity contribution >= 4 is 41.1 Å². The van der Waals surface area contributed by atoms with Crippen molar-refractivity contribution < 1.29 is 28.8 Å². The van der Waals surface area contributed by atoms with Crippen LogP contribution in [-0.2, 0) is 19.1 Å². The number of likely N-dealkylation sites (N-methyl/N-ethyl adjacent to an activating group) is 1. The second kappa shape index (κ2) is 12.8. The van der Waals surface area contributed by atoms with E-state index in [0.29, 0.717) is 5.75 Å². The molecule has 1 unspecified atom stereocenters. The van der Waals surface area contributed by atoms with E-state index in [4.69, 9.17) is 4.74 Å². The molecule has 1 atom stereocenters. The molecule has 0 aliphatic rings. The maximum Gasteiger partial charge on any atom is 0.329 e. The second-order valence-corrected chi connectivity index (χ2v) is 9.26. The van der Waals surface area contributed by atoms with Gasteiger partial charge in [-0.2, -0.15) is 11.8 Å². The molecule has 3 amide bonds. The zero-order valence-electron chi connectivity index (χ0n) is 19.4. The maximum atomic E-state index is 12.5. The summed E-state index contributed by atoms with van der Waals surface area (Å²) in [5, 5.41) is 16.2. The number of non-ortho nitro benzene ring substituents is 1. The molecule has 1 rings (SSSR count). The molecule has 0 saturated carbocycles. The van der Waals surface area contributed by atoms with Gasteiger partial charge in [0, 0.05) is 30.3 Å². The average Bonchev–Trinajstić information content (AvgIpc) is 2.72. The number of nitrogens with one attached hydrogen (secondary N) is 2. The first-order valence-electron chi connectivity index (χ1n) is 10.1. The normalized spacial score (nSPS) is 11.8. The Bertz CT molecular complexity index is 886. The fraction of sp³-hybridized carbons (Fsp3) is 0.524. The molecule has 2 N–H and O–H groups in total. The molecule has 182 valence electrons. The monoisotopic (exact) mass is 482 g/mol. The van der Waals surface area contributed by atoms with E-state index in [1.165, 1.54) is 37.0 Å². The van der Waals surface area contributed by atoms with Crippen LogP contribution in [0.2, 0.25) is 0 Å². The Morgan fingerprint density at radius 2 is 1.91 bits per heavy atom. The Balaban J connectivity index is 2.72. The first-order valence-corrected chi connectivity index (χ1v) is 11.5. The van der Waals surface area contributed by atoms with Crippen molar-refractivity contribution in [3.05, 3.63) is 39.9 Å². The van der Waals surface area contributed by atoms with Crippen molar-refractivity contribution in [1.82, 2.24) is 15.5 Å². The first-order chi connectivity index (χ1) is 15.3. The summed E-state index contributed by atoms with van der Waals surface area (Å²) in [5.41, 5.74) is -0.683. The smallest absolute Gasteiger partial charge is 0.329 e. The van der Waals surface area contributed by atoms with Crippen LogP contribution >= 0.6 is 11.8 Å². The van der Waals surface area contributed by atoms with Crippen molar-refractivity contribution in [2.45, 2.75) is 38.8 Å². The average molecular weight is 483 g/mol. The summed E-state index contributed by atoms with van der Waals surface area (Å²) >= 11 is 1.45. The lowest BCUT2D eigenvalue weighted by molar-refractivity contribution is -0.384. The standard InChI is InChI=1S/C21H30N4O7S/c1-21(2,3)23-17(26)12-24(4)18(27)13-32-20(29)16(9-10-33-5)22-19(28)14-7-6-8-15(11-14)25(30)31/h6-8,11,16H,9-10,12-13H2,1-5H3,(H,22,28)(H,23,26). The molecule has 1 aromatic carbocycles. The maximum absolute atomic E-state index is 12.5. The number of nitro groups is 1. The number of esters is 1. The number of hydrogen-bond donors (Lipinski definition) is 2. The van der Waals surface area contributed by atoms with Gasteiger partial charge in [-0.1, -0.05) is 6.07 Å². The summed E-state index contributed by atoms with van der Waals surface area (Å²) in [4.78, 5) is 60.7. The van der Waals surface area contributed by atoms with E-state index >= 15 is 0 Å². The molecular weight excluding hydrogens is 452 g/mol. The third kappa shape index (κ3) is 10.3. The van der Waals surface area contributed by atoms with E-state index in [0.717, 1.165) is 11.0 Å². The third-order valence-electron chi connectivity index (χ3n) is 4.18. The highest BCUT2D eigenvalue weighted by Crippen LogP contribution is 2.14. The van der Waals surface area contributed by atoms with Gasteiger partial charge in [-0.05, 0) is 45.3 Å². The number of benzene rings is 1. The Morgan fingerprint density at radius 1 is 1.24 bits per heavy atom. The molecule has 0 radical (unpaired) electrons. The summed E-state index contributed by atoms with van der Waals surface area (Å²) in [7, 11) is 1.41. The number of carbonyl (C=O) groups is 4. The Kier molecular flexibility index (Phi) is 10.8. The lowest BCUT2D eigenvalue weighted by atomic mass is 10.1.